The normalized spacial score (nSPS) is 20.5. The molecular weight excluding hydrogens is 196 g/mol. The molecule has 0 saturated heterocycles. The van der Waals surface area contributed by atoms with Gasteiger partial charge in [-0.15, -0.1) is 0 Å². The van der Waals surface area contributed by atoms with E-state index in [-0.39, 0.29) is 24.7 Å². The molecule has 4 heteroatoms. The zero-order valence-corrected chi connectivity index (χ0v) is 8.56. The highest BCUT2D eigenvalue weighted by molar-refractivity contribution is 5.70. The molecule has 0 aliphatic heterocycles. The Labute approximate surface area is 88.6 Å². The molecule has 0 fully saturated rings. The molecule has 2 N–H and O–H groups in total. The lowest BCUT2D eigenvalue weighted by molar-refractivity contribution is -0.141. The Morgan fingerprint density at radius 2 is 1.80 bits per heavy atom. The van der Waals surface area contributed by atoms with E-state index in [0.717, 1.165) is 19.3 Å². The molecule has 0 radical (unpaired) electrons. The molecule has 1 rings (SSSR count). The summed E-state index contributed by atoms with van der Waals surface area (Å²) in [6.07, 6.45) is 6.66. The van der Waals surface area contributed by atoms with Gasteiger partial charge in [-0.2, -0.15) is 0 Å². The number of carbonyl (C=O) groups is 2. The van der Waals surface area contributed by atoms with Crippen LogP contribution in [0.4, 0.5) is 0 Å². The maximum Gasteiger partial charge on any atom is 0.303 e. The quantitative estimate of drug-likeness (QED) is 0.682. The van der Waals surface area contributed by atoms with Gasteiger partial charge in [0.1, 0.15) is 0 Å². The zero-order chi connectivity index (χ0) is 11.3. The summed E-state index contributed by atoms with van der Waals surface area (Å²) in [7, 11) is 0. The Balaban J connectivity index is 2.57. The third-order valence-corrected chi connectivity index (χ3v) is 2.85. The van der Waals surface area contributed by atoms with Crippen LogP contribution in [-0.2, 0) is 9.59 Å². The Kier molecular flexibility index (Phi) is 4.34. The Morgan fingerprint density at radius 3 is 2.20 bits per heavy atom. The van der Waals surface area contributed by atoms with Crippen LogP contribution >= 0.6 is 0 Å². The molecule has 1 aliphatic carbocycles. The van der Waals surface area contributed by atoms with Crippen molar-refractivity contribution >= 4 is 11.9 Å². The number of aliphatic carboxylic acids is 2. The van der Waals surface area contributed by atoms with E-state index in [1.165, 1.54) is 0 Å². The second-order valence-electron chi connectivity index (χ2n) is 4.00. The first-order valence-corrected chi connectivity index (χ1v) is 5.18. The monoisotopic (exact) mass is 212 g/mol. The maximum atomic E-state index is 10.6. The van der Waals surface area contributed by atoms with Gasteiger partial charge in [-0.05, 0) is 31.1 Å². The van der Waals surface area contributed by atoms with Gasteiger partial charge in [-0.25, -0.2) is 0 Å². The van der Waals surface area contributed by atoms with E-state index in [1.807, 2.05) is 6.08 Å². The number of carboxylic acid groups (broad SMARTS) is 2. The minimum absolute atomic E-state index is 0.0369. The standard InChI is InChI=1S/C11H16O4/c12-10(13)6-9(7-11(14)15)8-4-2-1-3-5-8/h1-2,8-9H,3-7H2,(H,12,13)(H,14,15). The smallest absolute Gasteiger partial charge is 0.303 e. The summed E-state index contributed by atoms with van der Waals surface area (Å²) in [5, 5.41) is 17.4. The second kappa shape index (κ2) is 5.53. The van der Waals surface area contributed by atoms with Crippen molar-refractivity contribution in [3.8, 4) is 0 Å². The number of carboxylic acids is 2. The fraction of sp³-hybridized carbons (Fsp3) is 0.636. The molecule has 1 atom stereocenters. The first-order chi connectivity index (χ1) is 7.09. The van der Waals surface area contributed by atoms with Crippen LogP contribution in [0.3, 0.4) is 0 Å². The van der Waals surface area contributed by atoms with Crippen LogP contribution in [0.2, 0.25) is 0 Å². The van der Waals surface area contributed by atoms with Gasteiger partial charge in [0.15, 0.2) is 0 Å². The summed E-state index contributed by atoms with van der Waals surface area (Å²) < 4.78 is 0. The van der Waals surface area contributed by atoms with E-state index >= 15 is 0 Å². The lowest BCUT2D eigenvalue weighted by Gasteiger charge is -2.25. The summed E-state index contributed by atoms with van der Waals surface area (Å²) in [5.41, 5.74) is 0. The van der Waals surface area contributed by atoms with Gasteiger partial charge in [0.2, 0.25) is 0 Å². The third-order valence-electron chi connectivity index (χ3n) is 2.85. The van der Waals surface area contributed by atoms with Gasteiger partial charge in [-0.3, -0.25) is 9.59 Å². The van der Waals surface area contributed by atoms with Crippen molar-refractivity contribution in [2.24, 2.45) is 11.8 Å². The van der Waals surface area contributed by atoms with Gasteiger partial charge in [0.25, 0.3) is 0 Å². The van der Waals surface area contributed by atoms with Crippen LogP contribution in [0.5, 0.6) is 0 Å². The van der Waals surface area contributed by atoms with Gasteiger partial charge < -0.3 is 10.2 Å². The van der Waals surface area contributed by atoms with E-state index in [0.29, 0.717) is 0 Å². The summed E-state index contributed by atoms with van der Waals surface area (Å²) >= 11 is 0. The lowest BCUT2D eigenvalue weighted by atomic mass is 9.79. The molecule has 0 spiro atoms. The van der Waals surface area contributed by atoms with Crippen molar-refractivity contribution in [1.29, 1.82) is 0 Å². The van der Waals surface area contributed by atoms with E-state index in [2.05, 4.69) is 6.08 Å². The first-order valence-electron chi connectivity index (χ1n) is 5.18. The Hall–Kier alpha value is -1.32. The second-order valence-corrected chi connectivity index (χ2v) is 4.00. The van der Waals surface area contributed by atoms with Gasteiger partial charge in [0, 0.05) is 12.8 Å². The summed E-state index contributed by atoms with van der Waals surface area (Å²) in [5.74, 6) is -1.83. The maximum absolute atomic E-state index is 10.6. The van der Waals surface area contributed by atoms with Crippen molar-refractivity contribution in [3.63, 3.8) is 0 Å². The van der Waals surface area contributed by atoms with Crippen molar-refractivity contribution in [2.75, 3.05) is 0 Å². The molecule has 1 aliphatic rings. The average Bonchev–Trinajstić information content (AvgIpc) is 2.17. The van der Waals surface area contributed by atoms with Crippen LogP contribution in [0, 0.1) is 11.8 Å². The van der Waals surface area contributed by atoms with E-state index in [1.54, 1.807) is 0 Å². The largest absolute Gasteiger partial charge is 0.481 e. The molecule has 84 valence electrons. The summed E-state index contributed by atoms with van der Waals surface area (Å²) in [6.45, 7) is 0. The third kappa shape index (κ3) is 4.14. The van der Waals surface area contributed by atoms with Crippen LogP contribution in [0.25, 0.3) is 0 Å². The van der Waals surface area contributed by atoms with Crippen LogP contribution in [-0.4, -0.2) is 22.2 Å². The number of rotatable bonds is 5. The molecular formula is C11H16O4. The first kappa shape index (κ1) is 11.8. The summed E-state index contributed by atoms with van der Waals surface area (Å²) in [6, 6.07) is 0. The highest BCUT2D eigenvalue weighted by atomic mass is 16.4. The zero-order valence-electron chi connectivity index (χ0n) is 8.56. The highest BCUT2D eigenvalue weighted by Gasteiger charge is 2.26. The van der Waals surface area contributed by atoms with Crippen molar-refractivity contribution in [2.45, 2.75) is 32.1 Å². The molecule has 0 saturated carbocycles. The average molecular weight is 212 g/mol. The molecule has 0 bridgehead atoms. The van der Waals surface area contributed by atoms with Crippen LogP contribution < -0.4 is 0 Å². The molecule has 0 heterocycles. The predicted molar refractivity (Wildman–Crippen MR) is 54.5 cm³/mol. The molecule has 4 nitrogen and oxygen atoms in total. The lowest BCUT2D eigenvalue weighted by Crippen LogP contribution is -2.22. The van der Waals surface area contributed by atoms with E-state index < -0.39 is 11.9 Å². The minimum Gasteiger partial charge on any atom is -0.481 e. The molecule has 0 aromatic rings. The van der Waals surface area contributed by atoms with Crippen molar-refractivity contribution < 1.29 is 19.8 Å². The number of hydrogen-bond donors (Lipinski definition) is 2. The van der Waals surface area contributed by atoms with Gasteiger partial charge >= 0.3 is 11.9 Å². The highest BCUT2D eigenvalue weighted by Crippen LogP contribution is 2.30. The SMILES string of the molecule is O=C(O)CC(CC(=O)O)C1CC=CCC1. The number of hydrogen-bond acceptors (Lipinski definition) is 2. The molecule has 0 aromatic carbocycles. The fourth-order valence-corrected chi connectivity index (χ4v) is 2.10. The van der Waals surface area contributed by atoms with Crippen LogP contribution in [0.15, 0.2) is 12.2 Å². The fourth-order valence-electron chi connectivity index (χ4n) is 2.10. The predicted octanol–water partition coefficient (Wildman–Crippen LogP) is 1.91. The molecule has 1 unspecified atom stereocenters. The van der Waals surface area contributed by atoms with Gasteiger partial charge in [0.05, 0.1) is 0 Å². The molecule has 0 amide bonds. The number of allylic oxidation sites excluding steroid dienone is 2. The molecule has 0 aromatic heterocycles. The van der Waals surface area contributed by atoms with Gasteiger partial charge in [-0.1, -0.05) is 12.2 Å². The topological polar surface area (TPSA) is 74.6 Å². The van der Waals surface area contributed by atoms with E-state index in [4.69, 9.17) is 10.2 Å². The Morgan fingerprint density at radius 1 is 1.20 bits per heavy atom. The molecule has 15 heavy (non-hydrogen) atoms. The minimum atomic E-state index is -0.907. The Bertz CT molecular complexity index is 254. The van der Waals surface area contributed by atoms with E-state index in [9.17, 15) is 9.59 Å². The van der Waals surface area contributed by atoms with Crippen molar-refractivity contribution in [1.82, 2.24) is 0 Å². The van der Waals surface area contributed by atoms with Crippen LogP contribution in [0.1, 0.15) is 32.1 Å². The van der Waals surface area contributed by atoms with Crippen molar-refractivity contribution in [3.05, 3.63) is 12.2 Å². The summed E-state index contributed by atoms with van der Waals surface area (Å²) in [4.78, 5) is 21.2.